The Bertz CT molecular complexity index is 414. The van der Waals surface area contributed by atoms with Crippen molar-refractivity contribution in [1.29, 1.82) is 0 Å². The number of likely N-dealkylation sites (N-methyl/N-ethyl adjacent to an activating group) is 1. The van der Waals surface area contributed by atoms with Crippen LogP contribution in [-0.4, -0.2) is 50.5 Å². The lowest BCUT2D eigenvalue weighted by Crippen LogP contribution is -2.19. The second-order valence-electron chi connectivity index (χ2n) is 4.36. The van der Waals surface area contributed by atoms with E-state index in [0.717, 1.165) is 16.7 Å². The van der Waals surface area contributed by atoms with E-state index in [4.69, 9.17) is 14.2 Å². The number of methoxy groups -OCH3 is 1. The van der Waals surface area contributed by atoms with Crippen LogP contribution < -0.4 is 4.74 Å². The van der Waals surface area contributed by atoms with Crippen LogP contribution in [0.5, 0.6) is 5.88 Å². The van der Waals surface area contributed by atoms with E-state index in [0.29, 0.717) is 12.5 Å². The van der Waals surface area contributed by atoms with Gasteiger partial charge in [0.1, 0.15) is 6.61 Å². The molecule has 2 atom stereocenters. The van der Waals surface area contributed by atoms with E-state index in [9.17, 15) is 0 Å². The van der Waals surface area contributed by atoms with Crippen molar-refractivity contribution in [2.75, 3.05) is 34.4 Å². The standard InChI is InChI=1S/C12H17BrN2O3/c1-15(2)4-5-17-10-7-8(13)6-9(14-10)11-12(16-3)18-11/h6-7,11-12H,4-5H2,1-3H3. The molecule has 1 aliphatic heterocycles. The molecule has 100 valence electrons. The van der Waals surface area contributed by atoms with Crippen molar-refractivity contribution < 1.29 is 14.2 Å². The maximum atomic E-state index is 5.61. The smallest absolute Gasteiger partial charge is 0.214 e. The average Bonchev–Trinajstić information content (AvgIpc) is 3.07. The normalized spacial score (nSPS) is 22.3. The number of halogens is 1. The third kappa shape index (κ3) is 3.65. The van der Waals surface area contributed by atoms with Gasteiger partial charge in [-0.1, -0.05) is 15.9 Å². The minimum absolute atomic E-state index is 0.0799. The Balaban J connectivity index is 1.98. The first-order valence-corrected chi connectivity index (χ1v) is 6.52. The van der Waals surface area contributed by atoms with Crippen molar-refractivity contribution in [3.05, 3.63) is 22.3 Å². The number of nitrogens with zero attached hydrogens (tertiary/aromatic N) is 2. The molecule has 1 saturated heterocycles. The fraction of sp³-hybridized carbons (Fsp3) is 0.583. The van der Waals surface area contributed by atoms with Gasteiger partial charge in [-0.25, -0.2) is 4.98 Å². The predicted molar refractivity (Wildman–Crippen MR) is 70.6 cm³/mol. The summed E-state index contributed by atoms with van der Waals surface area (Å²) in [6.07, 6.45) is -0.259. The summed E-state index contributed by atoms with van der Waals surface area (Å²) in [6, 6.07) is 3.77. The van der Waals surface area contributed by atoms with Crippen molar-refractivity contribution in [2.24, 2.45) is 0 Å². The van der Waals surface area contributed by atoms with Crippen LogP contribution in [0, 0.1) is 0 Å². The van der Waals surface area contributed by atoms with Crippen molar-refractivity contribution in [3.8, 4) is 5.88 Å². The minimum Gasteiger partial charge on any atom is -0.476 e. The molecule has 0 bridgehead atoms. The number of rotatable bonds is 6. The highest BCUT2D eigenvalue weighted by atomic mass is 79.9. The Kier molecular flexibility index (Phi) is 4.55. The first kappa shape index (κ1) is 13.7. The number of hydrogen-bond donors (Lipinski definition) is 0. The van der Waals surface area contributed by atoms with Gasteiger partial charge in [-0.05, 0) is 20.2 Å². The maximum absolute atomic E-state index is 5.61. The third-order valence-electron chi connectivity index (χ3n) is 2.55. The molecule has 2 rings (SSSR count). The summed E-state index contributed by atoms with van der Waals surface area (Å²) in [7, 11) is 5.63. The maximum Gasteiger partial charge on any atom is 0.214 e. The Morgan fingerprint density at radius 2 is 2.22 bits per heavy atom. The molecule has 0 amide bonds. The summed E-state index contributed by atoms with van der Waals surface area (Å²) in [6.45, 7) is 1.46. The molecule has 0 spiro atoms. The van der Waals surface area contributed by atoms with Crippen molar-refractivity contribution >= 4 is 15.9 Å². The number of ether oxygens (including phenoxy) is 3. The summed E-state index contributed by atoms with van der Waals surface area (Å²) in [5.41, 5.74) is 0.830. The van der Waals surface area contributed by atoms with Crippen molar-refractivity contribution in [3.63, 3.8) is 0 Å². The summed E-state index contributed by atoms with van der Waals surface area (Å²) >= 11 is 3.44. The number of pyridine rings is 1. The first-order chi connectivity index (χ1) is 8.60. The highest BCUT2D eigenvalue weighted by Crippen LogP contribution is 2.39. The number of aromatic nitrogens is 1. The van der Waals surface area contributed by atoms with Gasteiger partial charge >= 0.3 is 0 Å². The van der Waals surface area contributed by atoms with Gasteiger partial charge in [0.2, 0.25) is 5.88 Å². The second kappa shape index (κ2) is 5.97. The van der Waals surface area contributed by atoms with E-state index < -0.39 is 0 Å². The quantitative estimate of drug-likeness (QED) is 0.749. The van der Waals surface area contributed by atoms with Crippen LogP contribution in [0.15, 0.2) is 16.6 Å². The molecule has 0 aliphatic carbocycles. The lowest BCUT2D eigenvalue weighted by Gasteiger charge is -2.11. The van der Waals surface area contributed by atoms with E-state index in [2.05, 4.69) is 25.8 Å². The zero-order valence-electron chi connectivity index (χ0n) is 10.7. The molecule has 18 heavy (non-hydrogen) atoms. The van der Waals surface area contributed by atoms with Crippen molar-refractivity contribution in [2.45, 2.75) is 12.4 Å². The van der Waals surface area contributed by atoms with Crippen LogP contribution in [0.1, 0.15) is 11.8 Å². The molecule has 1 fully saturated rings. The number of epoxide rings is 1. The summed E-state index contributed by atoms with van der Waals surface area (Å²) in [4.78, 5) is 6.47. The van der Waals surface area contributed by atoms with Gasteiger partial charge < -0.3 is 19.1 Å². The highest BCUT2D eigenvalue weighted by Gasteiger charge is 2.42. The van der Waals surface area contributed by atoms with Crippen LogP contribution in [0.25, 0.3) is 0 Å². The van der Waals surface area contributed by atoms with Crippen LogP contribution in [-0.2, 0) is 9.47 Å². The molecule has 2 unspecified atom stereocenters. The summed E-state index contributed by atoms with van der Waals surface area (Å²) < 4.78 is 17.0. The molecular formula is C12H17BrN2O3. The van der Waals surface area contributed by atoms with Crippen LogP contribution >= 0.6 is 15.9 Å². The molecule has 1 aromatic heterocycles. The minimum atomic E-state index is -0.179. The first-order valence-electron chi connectivity index (χ1n) is 5.73. The van der Waals surface area contributed by atoms with E-state index in [1.807, 2.05) is 26.2 Å². The van der Waals surface area contributed by atoms with Crippen LogP contribution in [0.3, 0.4) is 0 Å². The summed E-state index contributed by atoms with van der Waals surface area (Å²) in [5.74, 6) is 0.603. The topological polar surface area (TPSA) is 47.1 Å². The summed E-state index contributed by atoms with van der Waals surface area (Å²) in [5, 5.41) is 0. The number of hydrogen-bond acceptors (Lipinski definition) is 5. The van der Waals surface area contributed by atoms with Gasteiger partial charge in [0.15, 0.2) is 12.4 Å². The van der Waals surface area contributed by atoms with Gasteiger partial charge in [-0.3, -0.25) is 0 Å². The van der Waals surface area contributed by atoms with Crippen molar-refractivity contribution in [1.82, 2.24) is 9.88 Å². The molecule has 0 N–H and O–H groups in total. The van der Waals surface area contributed by atoms with Gasteiger partial charge in [0.25, 0.3) is 0 Å². The van der Waals surface area contributed by atoms with E-state index >= 15 is 0 Å². The molecule has 2 heterocycles. The predicted octanol–water partition coefficient (Wildman–Crippen LogP) is 1.83. The molecule has 0 radical (unpaired) electrons. The van der Waals surface area contributed by atoms with Gasteiger partial charge in [0.05, 0.1) is 5.69 Å². The fourth-order valence-corrected chi connectivity index (χ4v) is 1.96. The Morgan fingerprint density at radius 3 is 2.83 bits per heavy atom. The zero-order chi connectivity index (χ0) is 13.1. The van der Waals surface area contributed by atoms with E-state index in [1.54, 1.807) is 7.11 Å². The molecule has 0 saturated carbocycles. The van der Waals surface area contributed by atoms with Gasteiger partial charge in [-0.2, -0.15) is 0 Å². The third-order valence-corrected chi connectivity index (χ3v) is 3.01. The lowest BCUT2D eigenvalue weighted by atomic mass is 10.3. The fourth-order valence-electron chi connectivity index (χ4n) is 1.53. The zero-order valence-corrected chi connectivity index (χ0v) is 12.3. The molecule has 0 aromatic carbocycles. The molecular weight excluding hydrogens is 300 g/mol. The molecule has 5 nitrogen and oxygen atoms in total. The second-order valence-corrected chi connectivity index (χ2v) is 5.28. The van der Waals surface area contributed by atoms with Crippen LogP contribution in [0.2, 0.25) is 0 Å². The van der Waals surface area contributed by atoms with E-state index in [1.165, 1.54) is 0 Å². The highest BCUT2D eigenvalue weighted by molar-refractivity contribution is 9.10. The van der Waals surface area contributed by atoms with Gasteiger partial charge in [-0.15, -0.1) is 0 Å². The lowest BCUT2D eigenvalue weighted by molar-refractivity contribution is 0.0950. The molecule has 1 aliphatic rings. The largest absolute Gasteiger partial charge is 0.476 e. The Hall–Kier alpha value is -0.690. The average molecular weight is 317 g/mol. The SMILES string of the molecule is COC1OC1c1cc(Br)cc(OCCN(C)C)n1. The van der Waals surface area contributed by atoms with E-state index in [-0.39, 0.29) is 12.4 Å². The van der Waals surface area contributed by atoms with Crippen LogP contribution in [0.4, 0.5) is 0 Å². The Labute approximate surface area is 115 Å². The Morgan fingerprint density at radius 1 is 1.44 bits per heavy atom. The van der Waals surface area contributed by atoms with Gasteiger partial charge in [0, 0.05) is 24.2 Å². The molecule has 6 heteroatoms. The molecule has 1 aromatic rings. The monoisotopic (exact) mass is 316 g/mol.